The summed E-state index contributed by atoms with van der Waals surface area (Å²) in [6.07, 6.45) is 1.40. The van der Waals surface area contributed by atoms with Gasteiger partial charge in [-0.1, -0.05) is 0 Å². The maximum atomic E-state index is 11.6. The molecule has 0 saturated carbocycles. The van der Waals surface area contributed by atoms with E-state index in [1.54, 1.807) is 0 Å². The molecule has 0 radical (unpaired) electrons. The maximum absolute atomic E-state index is 11.6. The lowest BCUT2D eigenvalue weighted by Gasteiger charge is -2.08. The molecule has 0 aliphatic carbocycles. The summed E-state index contributed by atoms with van der Waals surface area (Å²) >= 11 is 5.44. The van der Waals surface area contributed by atoms with Gasteiger partial charge in [0.2, 0.25) is 20.0 Å². The van der Waals surface area contributed by atoms with Gasteiger partial charge in [0.15, 0.2) is 0 Å². The first-order valence-corrected chi connectivity index (χ1v) is 9.44. The van der Waals surface area contributed by atoms with Gasteiger partial charge in [-0.15, -0.1) is 11.6 Å². The number of hydrogen-bond donors (Lipinski definition) is 2. The van der Waals surface area contributed by atoms with Crippen molar-refractivity contribution in [3.05, 3.63) is 24.3 Å². The van der Waals surface area contributed by atoms with Gasteiger partial charge in [-0.25, -0.2) is 16.8 Å². The van der Waals surface area contributed by atoms with E-state index in [9.17, 15) is 16.8 Å². The summed E-state index contributed by atoms with van der Waals surface area (Å²) in [7, 11) is -6.76. The van der Waals surface area contributed by atoms with Gasteiger partial charge in [0, 0.05) is 17.3 Å². The van der Waals surface area contributed by atoms with Crippen LogP contribution in [0.15, 0.2) is 24.3 Å². The van der Waals surface area contributed by atoms with Crippen LogP contribution >= 0.6 is 11.6 Å². The van der Waals surface area contributed by atoms with Gasteiger partial charge in [-0.2, -0.15) is 0 Å². The predicted molar refractivity (Wildman–Crippen MR) is 77.7 cm³/mol. The highest BCUT2D eigenvalue weighted by atomic mass is 35.5. The number of sulfonamides is 2. The highest BCUT2D eigenvalue weighted by Crippen LogP contribution is 2.15. The summed E-state index contributed by atoms with van der Waals surface area (Å²) in [5.74, 6) is 0.220. The van der Waals surface area contributed by atoms with Gasteiger partial charge in [-0.3, -0.25) is 9.44 Å². The van der Waals surface area contributed by atoms with Crippen LogP contribution < -0.4 is 9.44 Å². The van der Waals surface area contributed by atoms with Gasteiger partial charge >= 0.3 is 0 Å². The Kier molecular flexibility index (Phi) is 5.45. The minimum atomic E-state index is -3.42. The van der Waals surface area contributed by atoms with Crippen LogP contribution in [0.5, 0.6) is 0 Å². The van der Waals surface area contributed by atoms with E-state index in [-0.39, 0.29) is 11.6 Å². The zero-order valence-corrected chi connectivity index (χ0v) is 12.6. The van der Waals surface area contributed by atoms with Crippen molar-refractivity contribution in [2.24, 2.45) is 0 Å². The maximum Gasteiger partial charge on any atom is 0.232 e. The van der Waals surface area contributed by atoms with Crippen molar-refractivity contribution in [3.8, 4) is 0 Å². The molecule has 0 atom stereocenters. The largest absolute Gasteiger partial charge is 0.284 e. The van der Waals surface area contributed by atoms with Crippen molar-refractivity contribution >= 4 is 43.0 Å². The molecule has 0 heterocycles. The van der Waals surface area contributed by atoms with Crippen LogP contribution in [0, 0.1) is 0 Å². The van der Waals surface area contributed by atoms with Crippen LogP contribution in [-0.4, -0.2) is 34.7 Å². The zero-order chi connectivity index (χ0) is 14.5. The Morgan fingerprint density at radius 3 is 1.89 bits per heavy atom. The molecule has 1 aromatic carbocycles. The van der Waals surface area contributed by atoms with E-state index in [0.29, 0.717) is 17.8 Å². The molecule has 0 aliphatic heterocycles. The Hall–Kier alpha value is -0.990. The van der Waals surface area contributed by atoms with Crippen LogP contribution in [0.1, 0.15) is 6.42 Å². The van der Waals surface area contributed by atoms with Crippen LogP contribution in [0.25, 0.3) is 0 Å². The summed E-state index contributed by atoms with van der Waals surface area (Å²) in [5, 5.41) is 0. The molecule has 0 bridgehead atoms. The second kappa shape index (κ2) is 6.44. The lowest BCUT2D eigenvalue weighted by molar-refractivity contribution is 0.599. The number of alkyl halides is 1. The molecule has 19 heavy (non-hydrogen) atoms. The number of hydrogen-bond acceptors (Lipinski definition) is 4. The van der Waals surface area contributed by atoms with Crippen molar-refractivity contribution in [1.29, 1.82) is 0 Å². The minimum absolute atomic E-state index is 0.0557. The third-order valence-corrected chi connectivity index (χ3v) is 4.25. The van der Waals surface area contributed by atoms with Gasteiger partial charge in [0.25, 0.3) is 0 Å². The highest BCUT2D eigenvalue weighted by molar-refractivity contribution is 7.92. The lowest BCUT2D eigenvalue weighted by atomic mass is 10.3. The SMILES string of the molecule is CS(=O)(=O)Nc1ccc(NS(=O)(=O)CCCCl)cc1. The Bertz CT molecular complexity index is 611. The molecular formula is C10H15ClN2O4S2. The average Bonchev–Trinajstić information content (AvgIpc) is 2.27. The quantitative estimate of drug-likeness (QED) is 0.741. The van der Waals surface area contributed by atoms with E-state index >= 15 is 0 Å². The van der Waals surface area contributed by atoms with Gasteiger partial charge in [-0.05, 0) is 30.7 Å². The van der Waals surface area contributed by atoms with Gasteiger partial charge < -0.3 is 0 Å². The predicted octanol–water partition coefficient (Wildman–Crippen LogP) is 1.43. The fraction of sp³-hybridized carbons (Fsp3) is 0.400. The molecule has 0 unspecified atom stereocenters. The second-order valence-corrected chi connectivity index (χ2v) is 7.88. The number of benzene rings is 1. The fourth-order valence-electron chi connectivity index (χ4n) is 1.30. The second-order valence-electron chi connectivity index (χ2n) is 3.92. The molecule has 9 heteroatoms. The Morgan fingerprint density at radius 2 is 1.47 bits per heavy atom. The molecule has 0 fully saturated rings. The topological polar surface area (TPSA) is 92.3 Å². The molecule has 1 aromatic rings. The number of halogens is 1. The Labute approximate surface area is 118 Å². The molecule has 0 aliphatic rings. The molecule has 0 spiro atoms. The minimum Gasteiger partial charge on any atom is -0.284 e. The number of rotatable bonds is 7. The number of anilines is 2. The molecule has 0 aromatic heterocycles. The normalized spacial score (nSPS) is 12.1. The zero-order valence-electron chi connectivity index (χ0n) is 10.3. The van der Waals surface area contributed by atoms with Crippen molar-refractivity contribution in [2.75, 3.05) is 27.3 Å². The van der Waals surface area contributed by atoms with E-state index in [1.807, 2.05) is 0 Å². The summed E-state index contributed by atoms with van der Waals surface area (Å²) < 4.78 is 49.8. The van der Waals surface area contributed by atoms with E-state index < -0.39 is 20.0 Å². The van der Waals surface area contributed by atoms with Crippen molar-refractivity contribution in [1.82, 2.24) is 0 Å². The molecule has 6 nitrogen and oxygen atoms in total. The summed E-state index contributed by atoms with van der Waals surface area (Å²) in [6.45, 7) is 0. The summed E-state index contributed by atoms with van der Waals surface area (Å²) in [5.41, 5.74) is 0.736. The molecule has 108 valence electrons. The van der Waals surface area contributed by atoms with E-state index in [1.165, 1.54) is 24.3 Å². The summed E-state index contributed by atoms with van der Waals surface area (Å²) in [4.78, 5) is 0. The fourth-order valence-corrected chi connectivity index (χ4v) is 3.27. The number of nitrogens with one attached hydrogen (secondary N) is 2. The molecule has 2 N–H and O–H groups in total. The Balaban J connectivity index is 2.72. The first kappa shape index (κ1) is 16.1. The Morgan fingerprint density at radius 1 is 1.00 bits per heavy atom. The summed E-state index contributed by atoms with van der Waals surface area (Å²) in [6, 6.07) is 5.90. The van der Waals surface area contributed by atoms with Crippen LogP contribution in [0.3, 0.4) is 0 Å². The molecular weight excluding hydrogens is 312 g/mol. The van der Waals surface area contributed by atoms with Crippen LogP contribution in [0.4, 0.5) is 11.4 Å². The van der Waals surface area contributed by atoms with Crippen molar-refractivity contribution in [2.45, 2.75) is 6.42 Å². The molecule has 0 saturated heterocycles. The van der Waals surface area contributed by atoms with Gasteiger partial charge in [0.1, 0.15) is 0 Å². The van der Waals surface area contributed by atoms with Crippen molar-refractivity contribution < 1.29 is 16.8 Å². The van der Waals surface area contributed by atoms with E-state index in [4.69, 9.17) is 11.6 Å². The first-order valence-electron chi connectivity index (χ1n) is 5.36. The first-order chi connectivity index (χ1) is 8.72. The van der Waals surface area contributed by atoms with Crippen LogP contribution in [-0.2, 0) is 20.0 Å². The third-order valence-electron chi connectivity index (χ3n) is 2.01. The van der Waals surface area contributed by atoms with Gasteiger partial charge in [0.05, 0.1) is 12.0 Å². The smallest absolute Gasteiger partial charge is 0.232 e. The van der Waals surface area contributed by atoms with Crippen molar-refractivity contribution in [3.63, 3.8) is 0 Å². The molecule has 1 rings (SSSR count). The average molecular weight is 327 g/mol. The monoisotopic (exact) mass is 326 g/mol. The third kappa shape index (κ3) is 6.65. The molecule has 0 amide bonds. The van der Waals surface area contributed by atoms with E-state index in [0.717, 1.165) is 6.26 Å². The van der Waals surface area contributed by atoms with Crippen LogP contribution in [0.2, 0.25) is 0 Å². The highest BCUT2D eigenvalue weighted by Gasteiger charge is 2.09. The lowest BCUT2D eigenvalue weighted by Crippen LogP contribution is -2.17. The van der Waals surface area contributed by atoms with E-state index in [2.05, 4.69) is 9.44 Å². The standard InChI is InChI=1S/C10H15ClN2O4S2/c1-18(14,15)12-9-3-5-10(6-4-9)13-19(16,17)8-2-7-11/h3-6,12-13H,2,7-8H2,1H3.